The Bertz CT molecular complexity index is 1170. The van der Waals surface area contributed by atoms with Gasteiger partial charge in [0.15, 0.2) is 0 Å². The molecule has 0 spiro atoms. The Morgan fingerprint density at radius 2 is 1.11 bits per heavy atom. The molecule has 1 aliphatic carbocycles. The standard InChI is InChI=1S/C34H38N2O/c1-5-13-29(14-6-1)27-35(31-17-9-3-10-18-31)25-26-37-34-23-21-33(22-24-34)36(32-19-11-4-12-20-32)28-30-15-7-2-8-16-30/h1-2,4-8,11-16,19-24,31H,3,9-10,17-18,25-28H2. The molecule has 0 unspecified atom stereocenters. The molecule has 5 rings (SSSR count). The number of rotatable bonds is 11. The van der Waals surface area contributed by atoms with E-state index in [1.165, 1.54) is 48.9 Å². The van der Waals surface area contributed by atoms with Crippen molar-refractivity contribution >= 4 is 11.4 Å². The minimum absolute atomic E-state index is 0.664. The van der Waals surface area contributed by atoms with Crippen molar-refractivity contribution in [2.45, 2.75) is 51.2 Å². The molecule has 0 amide bonds. The fourth-order valence-corrected chi connectivity index (χ4v) is 5.36. The molecule has 0 saturated heterocycles. The number of hydrogen-bond acceptors (Lipinski definition) is 3. The van der Waals surface area contributed by atoms with Crippen LogP contribution < -0.4 is 9.64 Å². The molecule has 0 aromatic heterocycles. The zero-order valence-corrected chi connectivity index (χ0v) is 21.7. The predicted molar refractivity (Wildman–Crippen MR) is 154 cm³/mol. The van der Waals surface area contributed by atoms with Gasteiger partial charge in [0.1, 0.15) is 12.4 Å². The van der Waals surface area contributed by atoms with Crippen LogP contribution in [0, 0.1) is 0 Å². The fourth-order valence-electron chi connectivity index (χ4n) is 5.36. The highest BCUT2D eigenvalue weighted by atomic mass is 16.5. The molecule has 0 aliphatic heterocycles. The third-order valence-corrected chi connectivity index (χ3v) is 7.37. The Morgan fingerprint density at radius 1 is 0.568 bits per heavy atom. The SMILES string of the molecule is c1ccc(CN(c2ccccc2)c2ccc(OCCN(Cc3ccccc3)C3CCCCC3)cc2)cc1. The van der Waals surface area contributed by atoms with E-state index in [2.05, 4.69) is 125 Å². The maximum absolute atomic E-state index is 6.26. The lowest BCUT2D eigenvalue weighted by Crippen LogP contribution is -2.39. The lowest BCUT2D eigenvalue weighted by Gasteiger charge is -2.34. The molecule has 37 heavy (non-hydrogen) atoms. The van der Waals surface area contributed by atoms with Gasteiger partial charge in [-0.3, -0.25) is 4.90 Å². The van der Waals surface area contributed by atoms with Gasteiger partial charge in [-0.15, -0.1) is 0 Å². The average Bonchev–Trinajstić information content (AvgIpc) is 2.98. The largest absolute Gasteiger partial charge is 0.492 e. The zero-order valence-electron chi connectivity index (χ0n) is 21.7. The van der Waals surface area contributed by atoms with Crippen molar-refractivity contribution in [1.29, 1.82) is 0 Å². The third kappa shape index (κ3) is 7.24. The minimum atomic E-state index is 0.664. The zero-order chi connectivity index (χ0) is 25.1. The Balaban J connectivity index is 1.23. The van der Waals surface area contributed by atoms with Gasteiger partial charge in [-0.25, -0.2) is 0 Å². The van der Waals surface area contributed by atoms with Crippen LogP contribution in [0.5, 0.6) is 5.75 Å². The first-order valence-electron chi connectivity index (χ1n) is 13.7. The summed E-state index contributed by atoms with van der Waals surface area (Å²) >= 11 is 0. The van der Waals surface area contributed by atoms with Gasteiger partial charge < -0.3 is 9.64 Å². The maximum atomic E-state index is 6.26. The summed E-state index contributed by atoms with van der Waals surface area (Å²) in [6, 6.07) is 41.3. The summed E-state index contributed by atoms with van der Waals surface area (Å²) in [6.07, 6.45) is 6.68. The molecule has 0 heterocycles. The highest BCUT2D eigenvalue weighted by Gasteiger charge is 2.21. The summed E-state index contributed by atoms with van der Waals surface area (Å²) in [5, 5.41) is 0. The number of anilines is 2. The molecule has 4 aromatic rings. The minimum Gasteiger partial charge on any atom is -0.492 e. The predicted octanol–water partition coefficient (Wildman–Crippen LogP) is 8.24. The summed E-state index contributed by atoms with van der Waals surface area (Å²) < 4.78 is 6.26. The van der Waals surface area contributed by atoms with Crippen LogP contribution in [-0.4, -0.2) is 24.1 Å². The Labute approximate surface area is 222 Å². The van der Waals surface area contributed by atoms with Crippen molar-refractivity contribution in [2.24, 2.45) is 0 Å². The normalized spacial score (nSPS) is 14.0. The molecule has 0 radical (unpaired) electrons. The van der Waals surface area contributed by atoms with Gasteiger partial charge in [-0.05, 0) is 60.4 Å². The van der Waals surface area contributed by atoms with E-state index in [1.807, 2.05) is 0 Å². The van der Waals surface area contributed by atoms with Crippen LogP contribution in [0.25, 0.3) is 0 Å². The Morgan fingerprint density at radius 3 is 1.73 bits per heavy atom. The van der Waals surface area contributed by atoms with Gasteiger partial charge in [0, 0.05) is 37.1 Å². The van der Waals surface area contributed by atoms with Crippen molar-refractivity contribution in [3.8, 4) is 5.75 Å². The average molecular weight is 491 g/mol. The molecule has 0 atom stereocenters. The molecule has 190 valence electrons. The van der Waals surface area contributed by atoms with Crippen molar-refractivity contribution in [1.82, 2.24) is 4.90 Å². The van der Waals surface area contributed by atoms with Gasteiger partial charge >= 0.3 is 0 Å². The van der Waals surface area contributed by atoms with E-state index < -0.39 is 0 Å². The van der Waals surface area contributed by atoms with Crippen molar-refractivity contribution in [3.05, 3.63) is 126 Å². The maximum Gasteiger partial charge on any atom is 0.119 e. The molecule has 0 N–H and O–H groups in total. The van der Waals surface area contributed by atoms with E-state index >= 15 is 0 Å². The Hall–Kier alpha value is -3.56. The first-order chi connectivity index (χ1) is 18.3. The monoisotopic (exact) mass is 490 g/mol. The molecule has 1 fully saturated rings. The van der Waals surface area contributed by atoms with E-state index in [-0.39, 0.29) is 0 Å². The van der Waals surface area contributed by atoms with Crippen LogP contribution in [0.4, 0.5) is 11.4 Å². The summed E-state index contributed by atoms with van der Waals surface area (Å²) in [5.41, 5.74) is 5.02. The van der Waals surface area contributed by atoms with E-state index in [0.29, 0.717) is 12.6 Å². The third-order valence-electron chi connectivity index (χ3n) is 7.37. The molecule has 1 saturated carbocycles. The van der Waals surface area contributed by atoms with Gasteiger partial charge in [-0.1, -0.05) is 98.1 Å². The van der Waals surface area contributed by atoms with E-state index in [9.17, 15) is 0 Å². The second kappa shape index (κ2) is 13.1. The number of benzene rings is 4. The lowest BCUT2D eigenvalue weighted by atomic mass is 9.94. The quantitative estimate of drug-likeness (QED) is 0.211. The summed E-state index contributed by atoms with van der Waals surface area (Å²) in [4.78, 5) is 4.99. The smallest absolute Gasteiger partial charge is 0.119 e. The molecule has 0 bridgehead atoms. The lowest BCUT2D eigenvalue weighted by molar-refractivity contribution is 0.123. The van der Waals surface area contributed by atoms with Gasteiger partial charge in [0.05, 0.1) is 0 Å². The summed E-state index contributed by atoms with van der Waals surface area (Å²) in [6.45, 7) is 3.47. The van der Waals surface area contributed by atoms with Crippen molar-refractivity contribution in [3.63, 3.8) is 0 Å². The topological polar surface area (TPSA) is 15.7 Å². The second-order valence-electron chi connectivity index (χ2n) is 10.00. The first-order valence-corrected chi connectivity index (χ1v) is 13.7. The molecular weight excluding hydrogens is 452 g/mol. The van der Waals surface area contributed by atoms with Crippen LogP contribution in [0.1, 0.15) is 43.2 Å². The highest BCUT2D eigenvalue weighted by molar-refractivity contribution is 5.64. The fraction of sp³-hybridized carbons (Fsp3) is 0.294. The molecule has 3 heteroatoms. The van der Waals surface area contributed by atoms with Gasteiger partial charge in [0.25, 0.3) is 0 Å². The second-order valence-corrected chi connectivity index (χ2v) is 10.00. The van der Waals surface area contributed by atoms with Crippen LogP contribution >= 0.6 is 0 Å². The van der Waals surface area contributed by atoms with E-state index in [0.717, 1.165) is 31.1 Å². The van der Waals surface area contributed by atoms with Crippen molar-refractivity contribution < 1.29 is 4.74 Å². The van der Waals surface area contributed by atoms with Crippen LogP contribution in [0.2, 0.25) is 0 Å². The summed E-state index contributed by atoms with van der Waals surface area (Å²) in [7, 11) is 0. The summed E-state index contributed by atoms with van der Waals surface area (Å²) in [5.74, 6) is 0.930. The van der Waals surface area contributed by atoms with E-state index in [1.54, 1.807) is 0 Å². The first kappa shape index (κ1) is 25.1. The van der Waals surface area contributed by atoms with Gasteiger partial charge in [0.2, 0.25) is 0 Å². The van der Waals surface area contributed by atoms with Gasteiger partial charge in [-0.2, -0.15) is 0 Å². The molecular formula is C34H38N2O. The Kier molecular flexibility index (Phi) is 8.90. The number of ether oxygens (including phenoxy) is 1. The number of nitrogens with zero attached hydrogens (tertiary/aromatic N) is 2. The van der Waals surface area contributed by atoms with Crippen LogP contribution in [0.15, 0.2) is 115 Å². The van der Waals surface area contributed by atoms with Crippen molar-refractivity contribution in [2.75, 3.05) is 18.1 Å². The van der Waals surface area contributed by atoms with E-state index in [4.69, 9.17) is 4.74 Å². The number of hydrogen-bond donors (Lipinski definition) is 0. The highest BCUT2D eigenvalue weighted by Crippen LogP contribution is 2.29. The molecule has 3 nitrogen and oxygen atoms in total. The molecule has 1 aliphatic rings. The van der Waals surface area contributed by atoms with Crippen LogP contribution in [0.3, 0.4) is 0 Å². The van der Waals surface area contributed by atoms with Crippen LogP contribution in [-0.2, 0) is 13.1 Å². The number of para-hydroxylation sites is 1. The molecule has 4 aromatic carbocycles.